The number of halogens is 1. The van der Waals surface area contributed by atoms with Gasteiger partial charge in [0.05, 0.1) is 6.61 Å². The molecule has 0 aliphatic rings. The molecule has 4 heteroatoms. The molecule has 0 unspecified atom stereocenters. The van der Waals surface area contributed by atoms with E-state index in [1.165, 1.54) is 0 Å². The molecule has 0 bridgehead atoms. The Labute approximate surface area is 101 Å². The van der Waals surface area contributed by atoms with Crippen molar-refractivity contribution in [3.63, 3.8) is 0 Å². The second-order valence-electron chi connectivity index (χ2n) is 3.44. The van der Waals surface area contributed by atoms with Gasteiger partial charge in [0.2, 0.25) is 0 Å². The van der Waals surface area contributed by atoms with E-state index in [0.29, 0.717) is 11.6 Å². The van der Waals surface area contributed by atoms with Crippen molar-refractivity contribution in [2.75, 3.05) is 18.5 Å². The highest BCUT2D eigenvalue weighted by Crippen LogP contribution is 2.14. The third-order valence-electron chi connectivity index (χ3n) is 2.02. The number of rotatable bonds is 6. The van der Waals surface area contributed by atoms with E-state index >= 15 is 0 Å². The average Bonchev–Trinajstić information content (AvgIpc) is 2.27. The van der Waals surface area contributed by atoms with Crippen molar-refractivity contribution in [1.29, 1.82) is 0 Å². The van der Waals surface area contributed by atoms with Crippen molar-refractivity contribution in [3.05, 3.63) is 29.3 Å². The molecule has 0 saturated carbocycles. The van der Waals surface area contributed by atoms with Gasteiger partial charge in [-0.15, -0.1) is 0 Å². The molecule has 1 N–H and O–H groups in total. The number of nitrogens with one attached hydrogen (secondary N) is 1. The number of esters is 1. The molecule has 0 spiro atoms. The van der Waals surface area contributed by atoms with E-state index in [1.807, 2.05) is 12.1 Å². The molecule has 0 aliphatic heterocycles. The summed E-state index contributed by atoms with van der Waals surface area (Å²) < 4.78 is 5.00. The van der Waals surface area contributed by atoms with Crippen LogP contribution in [0.4, 0.5) is 5.69 Å². The number of hydrogen-bond acceptors (Lipinski definition) is 3. The number of benzene rings is 1. The fourth-order valence-electron chi connectivity index (χ4n) is 1.15. The number of anilines is 1. The highest BCUT2D eigenvalue weighted by molar-refractivity contribution is 6.30. The van der Waals surface area contributed by atoms with Crippen LogP contribution in [-0.4, -0.2) is 19.1 Å². The van der Waals surface area contributed by atoms with Crippen LogP contribution in [0.15, 0.2) is 24.3 Å². The summed E-state index contributed by atoms with van der Waals surface area (Å²) in [5.41, 5.74) is 0.819. The summed E-state index contributed by atoms with van der Waals surface area (Å²) in [5, 5.41) is 3.60. The Bertz CT molecular complexity index is 342. The summed E-state index contributed by atoms with van der Waals surface area (Å²) in [6, 6.07) is 7.23. The Morgan fingerprint density at radius 3 is 3.00 bits per heavy atom. The van der Waals surface area contributed by atoms with Gasteiger partial charge in [-0.05, 0) is 24.6 Å². The zero-order chi connectivity index (χ0) is 11.8. The van der Waals surface area contributed by atoms with Crippen LogP contribution in [0.25, 0.3) is 0 Å². The van der Waals surface area contributed by atoms with E-state index < -0.39 is 0 Å². The summed E-state index contributed by atoms with van der Waals surface area (Å²) >= 11 is 5.81. The molecule has 88 valence electrons. The van der Waals surface area contributed by atoms with Crippen molar-refractivity contribution in [3.8, 4) is 0 Å². The van der Waals surface area contributed by atoms with Crippen LogP contribution < -0.4 is 5.32 Å². The number of ether oxygens (including phenoxy) is 1. The van der Waals surface area contributed by atoms with Gasteiger partial charge in [-0.25, -0.2) is 0 Å². The van der Waals surface area contributed by atoms with Crippen molar-refractivity contribution < 1.29 is 9.53 Å². The molecule has 0 radical (unpaired) electrons. The second-order valence-corrected chi connectivity index (χ2v) is 3.87. The quantitative estimate of drug-likeness (QED) is 0.614. The minimum Gasteiger partial charge on any atom is -0.464 e. The molecular formula is C12H16ClNO2. The molecule has 3 nitrogen and oxygen atoms in total. The Kier molecular flexibility index (Phi) is 5.72. The highest BCUT2D eigenvalue weighted by atomic mass is 35.5. The highest BCUT2D eigenvalue weighted by Gasteiger charge is 2.01. The third kappa shape index (κ3) is 5.03. The smallest absolute Gasteiger partial charge is 0.325 e. The summed E-state index contributed by atoms with van der Waals surface area (Å²) in [6.45, 7) is 2.72. The molecule has 0 saturated heterocycles. The first kappa shape index (κ1) is 12.8. The van der Waals surface area contributed by atoms with Crippen LogP contribution in [0.1, 0.15) is 19.8 Å². The van der Waals surface area contributed by atoms with E-state index in [0.717, 1.165) is 18.5 Å². The molecule has 0 atom stereocenters. The monoisotopic (exact) mass is 241 g/mol. The van der Waals surface area contributed by atoms with Crippen LogP contribution in [-0.2, 0) is 9.53 Å². The van der Waals surface area contributed by atoms with Crippen molar-refractivity contribution in [1.82, 2.24) is 0 Å². The van der Waals surface area contributed by atoms with E-state index in [4.69, 9.17) is 16.3 Å². The van der Waals surface area contributed by atoms with E-state index in [2.05, 4.69) is 12.2 Å². The van der Waals surface area contributed by atoms with Gasteiger partial charge in [0.1, 0.15) is 6.54 Å². The van der Waals surface area contributed by atoms with Gasteiger partial charge >= 0.3 is 5.97 Å². The fraction of sp³-hybridized carbons (Fsp3) is 0.417. The normalized spacial score (nSPS) is 9.88. The zero-order valence-corrected chi connectivity index (χ0v) is 10.1. The topological polar surface area (TPSA) is 38.3 Å². The number of unbranched alkanes of at least 4 members (excludes halogenated alkanes) is 1. The lowest BCUT2D eigenvalue weighted by Gasteiger charge is -2.06. The Balaban J connectivity index is 2.26. The van der Waals surface area contributed by atoms with Crippen LogP contribution in [0.2, 0.25) is 5.02 Å². The molecule has 0 fully saturated rings. The minimum absolute atomic E-state index is 0.171. The van der Waals surface area contributed by atoms with Gasteiger partial charge in [0.15, 0.2) is 0 Å². The van der Waals surface area contributed by atoms with Gasteiger partial charge in [-0.2, -0.15) is 0 Å². The van der Waals surface area contributed by atoms with Crippen LogP contribution in [0.5, 0.6) is 0 Å². The summed E-state index contributed by atoms with van der Waals surface area (Å²) in [4.78, 5) is 11.3. The molecule has 0 aliphatic carbocycles. The summed E-state index contributed by atoms with van der Waals surface area (Å²) in [7, 11) is 0. The fourth-order valence-corrected chi connectivity index (χ4v) is 1.34. The average molecular weight is 242 g/mol. The number of hydrogen-bond donors (Lipinski definition) is 1. The van der Waals surface area contributed by atoms with Crippen molar-refractivity contribution in [2.24, 2.45) is 0 Å². The first-order valence-electron chi connectivity index (χ1n) is 5.37. The summed E-state index contributed by atoms with van der Waals surface area (Å²) in [5.74, 6) is -0.242. The predicted molar refractivity (Wildman–Crippen MR) is 65.8 cm³/mol. The van der Waals surface area contributed by atoms with Gasteiger partial charge < -0.3 is 10.1 Å². The molecule has 0 heterocycles. The lowest BCUT2D eigenvalue weighted by molar-refractivity contribution is -0.141. The Morgan fingerprint density at radius 1 is 1.50 bits per heavy atom. The van der Waals surface area contributed by atoms with Crippen molar-refractivity contribution in [2.45, 2.75) is 19.8 Å². The first-order valence-corrected chi connectivity index (χ1v) is 5.75. The largest absolute Gasteiger partial charge is 0.464 e. The number of carbonyl (C=O) groups excluding carboxylic acids is 1. The maximum Gasteiger partial charge on any atom is 0.325 e. The lowest BCUT2D eigenvalue weighted by Crippen LogP contribution is -2.17. The second kappa shape index (κ2) is 7.12. The SMILES string of the molecule is CCCCOC(=O)CNc1cccc(Cl)c1. The molecule has 1 rings (SSSR count). The van der Waals surface area contributed by atoms with Crippen LogP contribution in [0.3, 0.4) is 0 Å². The van der Waals surface area contributed by atoms with Gasteiger partial charge in [-0.1, -0.05) is 31.0 Å². The van der Waals surface area contributed by atoms with Gasteiger partial charge in [0, 0.05) is 10.7 Å². The molecule has 0 aromatic heterocycles. The molecule has 0 amide bonds. The summed E-state index contributed by atoms with van der Waals surface area (Å²) in [6.07, 6.45) is 1.93. The van der Waals surface area contributed by atoms with E-state index in [-0.39, 0.29) is 12.5 Å². The van der Waals surface area contributed by atoms with Gasteiger partial charge in [-0.3, -0.25) is 4.79 Å². The number of carbonyl (C=O) groups is 1. The third-order valence-corrected chi connectivity index (χ3v) is 2.26. The van der Waals surface area contributed by atoms with E-state index in [1.54, 1.807) is 12.1 Å². The Hall–Kier alpha value is -1.22. The molecular weight excluding hydrogens is 226 g/mol. The van der Waals surface area contributed by atoms with Crippen molar-refractivity contribution >= 4 is 23.3 Å². The minimum atomic E-state index is -0.242. The molecule has 16 heavy (non-hydrogen) atoms. The first-order chi connectivity index (χ1) is 7.72. The molecule has 1 aromatic rings. The Morgan fingerprint density at radius 2 is 2.31 bits per heavy atom. The lowest BCUT2D eigenvalue weighted by atomic mass is 10.3. The maximum absolute atomic E-state index is 11.3. The van der Waals surface area contributed by atoms with Crippen LogP contribution >= 0.6 is 11.6 Å². The molecule has 1 aromatic carbocycles. The van der Waals surface area contributed by atoms with Crippen LogP contribution in [0, 0.1) is 0 Å². The zero-order valence-electron chi connectivity index (χ0n) is 9.33. The maximum atomic E-state index is 11.3. The standard InChI is InChI=1S/C12H16ClNO2/c1-2-3-7-16-12(15)9-14-11-6-4-5-10(13)8-11/h4-6,8,14H,2-3,7,9H2,1H3. The van der Waals surface area contributed by atoms with Gasteiger partial charge in [0.25, 0.3) is 0 Å². The predicted octanol–water partition coefficient (Wildman–Crippen LogP) is 3.10. The van der Waals surface area contributed by atoms with E-state index in [9.17, 15) is 4.79 Å².